The van der Waals surface area contributed by atoms with Gasteiger partial charge in [-0.1, -0.05) is 5.16 Å². The predicted molar refractivity (Wildman–Crippen MR) is 65.5 cm³/mol. The summed E-state index contributed by atoms with van der Waals surface area (Å²) in [6, 6.07) is 0.00323. The van der Waals surface area contributed by atoms with Gasteiger partial charge in [0.2, 0.25) is 10.0 Å². The smallest absolute Gasteiger partial charge is 0.211 e. The highest BCUT2D eigenvalue weighted by atomic mass is 32.2. The Balaban J connectivity index is 2.36. The zero-order chi connectivity index (χ0) is 12.9. The molecule has 100 valence electrons. The van der Waals surface area contributed by atoms with Gasteiger partial charge in [0.05, 0.1) is 12.3 Å². The maximum Gasteiger partial charge on any atom is 0.211 e. The first-order chi connectivity index (χ1) is 7.96. The predicted octanol–water partition coefficient (Wildman–Crippen LogP) is -0.863. The minimum Gasteiger partial charge on any atom is -0.409 e. The number of nitrogens with two attached hydrogens (primary N) is 1. The van der Waals surface area contributed by atoms with Crippen LogP contribution in [-0.2, 0) is 10.0 Å². The van der Waals surface area contributed by atoms with E-state index in [1.54, 1.807) is 6.92 Å². The lowest BCUT2D eigenvalue weighted by Gasteiger charge is -2.31. The maximum absolute atomic E-state index is 11.4. The number of nitrogens with one attached hydrogen (secondary N) is 1. The summed E-state index contributed by atoms with van der Waals surface area (Å²) < 4.78 is 25.4. The molecule has 1 rings (SSSR count). The number of rotatable bonds is 5. The molecule has 0 unspecified atom stereocenters. The minimum atomic E-state index is -3.12. The minimum absolute atomic E-state index is 0.00323. The summed E-state index contributed by atoms with van der Waals surface area (Å²) in [4.78, 5) is 2.03. The Morgan fingerprint density at radius 2 is 2.12 bits per heavy atom. The van der Waals surface area contributed by atoms with Crippen LogP contribution >= 0.6 is 0 Å². The van der Waals surface area contributed by atoms with E-state index >= 15 is 0 Å². The molecule has 1 aliphatic rings. The van der Waals surface area contributed by atoms with Crippen molar-refractivity contribution in [2.75, 3.05) is 25.4 Å². The fourth-order valence-corrected chi connectivity index (χ4v) is 2.72. The van der Waals surface area contributed by atoms with Gasteiger partial charge in [-0.05, 0) is 19.8 Å². The van der Waals surface area contributed by atoms with Crippen LogP contribution in [0.15, 0.2) is 5.16 Å². The highest BCUT2D eigenvalue weighted by Gasteiger charge is 2.22. The molecule has 0 spiro atoms. The molecule has 0 bridgehead atoms. The summed E-state index contributed by atoms with van der Waals surface area (Å²) in [7, 11) is -3.12. The Kier molecular flexibility index (Phi) is 5.16. The van der Waals surface area contributed by atoms with Crippen LogP contribution in [0, 0.1) is 0 Å². The van der Waals surface area contributed by atoms with Crippen molar-refractivity contribution in [2.45, 2.75) is 25.8 Å². The molecular formula is C9H20N4O3S. The van der Waals surface area contributed by atoms with Gasteiger partial charge in [0.25, 0.3) is 0 Å². The van der Waals surface area contributed by atoms with E-state index in [0.717, 1.165) is 25.9 Å². The number of hydrogen-bond acceptors (Lipinski definition) is 5. The molecule has 8 heteroatoms. The number of nitrogens with zero attached hydrogens (tertiary/aromatic N) is 2. The fourth-order valence-electron chi connectivity index (χ4n) is 1.81. The van der Waals surface area contributed by atoms with E-state index < -0.39 is 10.0 Å². The molecule has 1 fully saturated rings. The van der Waals surface area contributed by atoms with Crippen molar-refractivity contribution < 1.29 is 13.6 Å². The number of oxime groups is 1. The van der Waals surface area contributed by atoms with Gasteiger partial charge in [-0.3, -0.25) is 4.90 Å². The molecule has 0 saturated carbocycles. The third-order valence-electron chi connectivity index (χ3n) is 2.83. The highest BCUT2D eigenvalue weighted by molar-refractivity contribution is 7.89. The van der Waals surface area contributed by atoms with Gasteiger partial charge in [-0.25, -0.2) is 13.1 Å². The standard InChI is InChI=1S/C9H20N4O3S/c1-2-17(15,16)12-8-3-5-13(6-4-8)7-9(10)11-14/h8,12,14H,2-7H2,1H3,(H2,10,11). The van der Waals surface area contributed by atoms with Gasteiger partial charge in [-0.15, -0.1) is 0 Å². The van der Waals surface area contributed by atoms with Crippen molar-refractivity contribution in [3.8, 4) is 0 Å². The highest BCUT2D eigenvalue weighted by Crippen LogP contribution is 2.10. The summed E-state index contributed by atoms with van der Waals surface area (Å²) in [5, 5.41) is 11.4. The van der Waals surface area contributed by atoms with Crippen molar-refractivity contribution in [3.05, 3.63) is 0 Å². The van der Waals surface area contributed by atoms with E-state index in [4.69, 9.17) is 10.9 Å². The largest absolute Gasteiger partial charge is 0.409 e. The SMILES string of the molecule is CCS(=O)(=O)NC1CCN(CC(N)=NO)CC1. The lowest BCUT2D eigenvalue weighted by atomic mass is 10.1. The first kappa shape index (κ1) is 14.2. The van der Waals surface area contributed by atoms with Gasteiger partial charge >= 0.3 is 0 Å². The molecule has 17 heavy (non-hydrogen) atoms. The monoisotopic (exact) mass is 264 g/mol. The Labute approximate surface area is 102 Å². The normalized spacial score (nSPS) is 20.6. The van der Waals surface area contributed by atoms with Crippen LogP contribution in [0.2, 0.25) is 0 Å². The molecule has 0 atom stereocenters. The summed E-state index contributed by atoms with van der Waals surface area (Å²) in [6.45, 7) is 3.53. The second-order valence-corrected chi connectivity index (χ2v) is 6.21. The Morgan fingerprint density at radius 1 is 1.53 bits per heavy atom. The third-order valence-corrected chi connectivity index (χ3v) is 4.28. The molecule has 1 saturated heterocycles. The number of sulfonamides is 1. The molecule has 7 nitrogen and oxygen atoms in total. The van der Waals surface area contributed by atoms with Gasteiger partial charge in [0, 0.05) is 19.1 Å². The molecule has 0 aromatic heterocycles. The quantitative estimate of drug-likeness (QED) is 0.259. The van der Waals surface area contributed by atoms with Crippen molar-refractivity contribution in [3.63, 3.8) is 0 Å². The van der Waals surface area contributed by atoms with E-state index in [-0.39, 0.29) is 17.6 Å². The van der Waals surface area contributed by atoms with Crippen LogP contribution < -0.4 is 10.5 Å². The summed E-state index contributed by atoms with van der Waals surface area (Å²) in [5.41, 5.74) is 5.41. The number of piperidine rings is 1. The van der Waals surface area contributed by atoms with Crippen LogP contribution in [0.1, 0.15) is 19.8 Å². The van der Waals surface area contributed by atoms with Crippen LogP contribution in [0.5, 0.6) is 0 Å². The lowest BCUT2D eigenvalue weighted by molar-refractivity contribution is 0.228. The molecule has 0 radical (unpaired) electrons. The van der Waals surface area contributed by atoms with E-state index in [1.165, 1.54) is 0 Å². The summed E-state index contributed by atoms with van der Waals surface area (Å²) >= 11 is 0. The topological polar surface area (TPSA) is 108 Å². The molecule has 1 aliphatic heterocycles. The molecule has 0 amide bonds. The number of hydrogen-bond donors (Lipinski definition) is 3. The van der Waals surface area contributed by atoms with Crippen molar-refractivity contribution in [1.29, 1.82) is 0 Å². The van der Waals surface area contributed by atoms with Crippen LogP contribution in [-0.4, -0.2) is 55.8 Å². The van der Waals surface area contributed by atoms with Crippen LogP contribution in [0.3, 0.4) is 0 Å². The molecular weight excluding hydrogens is 244 g/mol. The molecule has 4 N–H and O–H groups in total. The zero-order valence-electron chi connectivity index (χ0n) is 9.96. The second kappa shape index (κ2) is 6.18. The summed E-state index contributed by atoms with van der Waals surface area (Å²) in [6.07, 6.45) is 1.50. The average molecular weight is 264 g/mol. The van der Waals surface area contributed by atoms with Gasteiger partial charge < -0.3 is 10.9 Å². The van der Waals surface area contributed by atoms with Gasteiger partial charge in [-0.2, -0.15) is 0 Å². The Hall–Kier alpha value is -0.860. The average Bonchev–Trinajstić information content (AvgIpc) is 2.31. The van der Waals surface area contributed by atoms with E-state index in [1.807, 2.05) is 4.90 Å². The lowest BCUT2D eigenvalue weighted by Crippen LogP contribution is -2.47. The van der Waals surface area contributed by atoms with Crippen molar-refractivity contribution >= 4 is 15.9 Å². The van der Waals surface area contributed by atoms with Gasteiger partial charge in [0.1, 0.15) is 0 Å². The molecule has 0 aliphatic carbocycles. The van der Waals surface area contributed by atoms with E-state index in [2.05, 4.69) is 9.88 Å². The first-order valence-corrected chi connectivity index (χ1v) is 7.31. The zero-order valence-corrected chi connectivity index (χ0v) is 10.8. The fraction of sp³-hybridized carbons (Fsp3) is 0.889. The Morgan fingerprint density at radius 3 is 2.59 bits per heavy atom. The number of amidine groups is 1. The Bertz CT molecular complexity index is 360. The van der Waals surface area contributed by atoms with Crippen molar-refractivity contribution in [1.82, 2.24) is 9.62 Å². The molecule has 1 heterocycles. The second-order valence-electron chi connectivity index (χ2n) is 4.16. The van der Waals surface area contributed by atoms with Crippen LogP contribution in [0.25, 0.3) is 0 Å². The maximum atomic E-state index is 11.4. The summed E-state index contributed by atoms with van der Waals surface area (Å²) in [5.74, 6) is 0.287. The van der Waals surface area contributed by atoms with E-state index in [9.17, 15) is 8.42 Å². The van der Waals surface area contributed by atoms with Crippen LogP contribution in [0.4, 0.5) is 0 Å². The first-order valence-electron chi connectivity index (χ1n) is 5.65. The molecule has 0 aromatic carbocycles. The van der Waals surface area contributed by atoms with Gasteiger partial charge in [0.15, 0.2) is 5.84 Å². The number of likely N-dealkylation sites (tertiary alicyclic amines) is 1. The third kappa shape index (κ3) is 4.88. The van der Waals surface area contributed by atoms with Crippen molar-refractivity contribution in [2.24, 2.45) is 10.9 Å². The molecule has 0 aromatic rings. The van der Waals surface area contributed by atoms with E-state index in [0.29, 0.717) is 6.54 Å².